The number of rotatable bonds is 2. The molecule has 1 amide bonds. The summed E-state index contributed by atoms with van der Waals surface area (Å²) in [5.74, 6) is -0.752. The van der Waals surface area contributed by atoms with Crippen LogP contribution in [0.3, 0.4) is 0 Å². The van der Waals surface area contributed by atoms with Crippen molar-refractivity contribution in [3.05, 3.63) is 30.0 Å². The molecule has 0 saturated carbocycles. The lowest BCUT2D eigenvalue weighted by atomic mass is 10.1. The molecule has 0 fully saturated rings. The van der Waals surface area contributed by atoms with E-state index >= 15 is 0 Å². The van der Waals surface area contributed by atoms with Gasteiger partial charge in [-0.2, -0.15) is 18.3 Å². The molecule has 0 bridgehead atoms. The van der Waals surface area contributed by atoms with Crippen LogP contribution < -0.4 is 5.32 Å². The summed E-state index contributed by atoms with van der Waals surface area (Å²) in [6.45, 7) is -1.34. The topological polar surface area (TPSA) is 46.9 Å². The van der Waals surface area contributed by atoms with E-state index < -0.39 is 18.6 Å². The average Bonchev–Trinajstić information content (AvgIpc) is 2.63. The minimum atomic E-state index is -4.41. The van der Waals surface area contributed by atoms with E-state index in [0.29, 0.717) is 10.9 Å². The fourth-order valence-corrected chi connectivity index (χ4v) is 1.57. The summed E-state index contributed by atoms with van der Waals surface area (Å²) in [5.41, 5.74) is 0.865. The number of halogens is 3. The van der Waals surface area contributed by atoms with Crippen molar-refractivity contribution in [3.63, 3.8) is 0 Å². The number of amides is 1. The molecule has 0 aliphatic carbocycles. The van der Waals surface area contributed by atoms with Gasteiger partial charge in [0.15, 0.2) is 0 Å². The van der Waals surface area contributed by atoms with E-state index in [4.69, 9.17) is 0 Å². The number of alkyl halides is 3. The van der Waals surface area contributed by atoms with Gasteiger partial charge in [0.1, 0.15) is 6.54 Å². The lowest BCUT2D eigenvalue weighted by Crippen LogP contribution is -2.33. The number of benzene rings is 1. The molecule has 0 aliphatic rings. The highest BCUT2D eigenvalue weighted by atomic mass is 19.4. The van der Waals surface area contributed by atoms with Crippen molar-refractivity contribution >= 4 is 16.8 Å². The van der Waals surface area contributed by atoms with Crippen LogP contribution in [0.5, 0.6) is 0 Å². The second-order valence-corrected chi connectivity index (χ2v) is 3.87. The molecule has 7 heteroatoms. The quantitative estimate of drug-likeness (QED) is 0.892. The van der Waals surface area contributed by atoms with Gasteiger partial charge in [-0.3, -0.25) is 9.48 Å². The summed E-state index contributed by atoms with van der Waals surface area (Å²) in [5, 5.41) is 6.63. The van der Waals surface area contributed by atoms with E-state index in [1.54, 1.807) is 24.0 Å². The van der Waals surface area contributed by atoms with Crippen molar-refractivity contribution in [1.82, 2.24) is 15.1 Å². The molecule has 2 aromatic rings. The van der Waals surface area contributed by atoms with Crippen molar-refractivity contribution in [2.24, 2.45) is 7.05 Å². The first-order valence-electron chi connectivity index (χ1n) is 5.13. The van der Waals surface area contributed by atoms with Gasteiger partial charge in [0, 0.05) is 24.2 Å². The van der Waals surface area contributed by atoms with E-state index in [0.717, 1.165) is 0 Å². The lowest BCUT2D eigenvalue weighted by Gasteiger charge is -2.08. The van der Waals surface area contributed by atoms with E-state index in [1.165, 1.54) is 12.1 Å². The number of aromatic nitrogens is 2. The minimum absolute atomic E-state index is 0.180. The zero-order chi connectivity index (χ0) is 13.3. The first-order chi connectivity index (χ1) is 8.35. The maximum absolute atomic E-state index is 12.0. The Kier molecular flexibility index (Phi) is 2.98. The SMILES string of the molecule is Cn1cc2cc(C(=O)NCC(F)(F)F)ccc2n1. The molecule has 18 heavy (non-hydrogen) atoms. The molecule has 0 radical (unpaired) electrons. The van der Waals surface area contributed by atoms with Crippen molar-refractivity contribution < 1.29 is 18.0 Å². The molecule has 1 aromatic heterocycles. The lowest BCUT2D eigenvalue weighted by molar-refractivity contribution is -0.123. The summed E-state index contributed by atoms with van der Waals surface area (Å²) in [7, 11) is 1.73. The van der Waals surface area contributed by atoms with Crippen LogP contribution in [0.2, 0.25) is 0 Å². The Morgan fingerprint density at radius 2 is 2.17 bits per heavy atom. The number of fused-ring (bicyclic) bond motifs is 1. The molecule has 1 heterocycles. The maximum atomic E-state index is 12.0. The number of nitrogens with zero attached hydrogens (tertiary/aromatic N) is 2. The maximum Gasteiger partial charge on any atom is 0.405 e. The highest BCUT2D eigenvalue weighted by Crippen LogP contribution is 2.15. The van der Waals surface area contributed by atoms with Crippen LogP contribution in [0.15, 0.2) is 24.4 Å². The second-order valence-electron chi connectivity index (χ2n) is 3.87. The smallest absolute Gasteiger partial charge is 0.343 e. The highest BCUT2D eigenvalue weighted by molar-refractivity contribution is 5.97. The summed E-state index contributed by atoms with van der Waals surface area (Å²) in [6.07, 6.45) is -2.72. The van der Waals surface area contributed by atoms with Gasteiger partial charge in [0.05, 0.1) is 5.52 Å². The molecule has 1 N–H and O–H groups in total. The number of aryl methyl sites for hydroxylation is 1. The van der Waals surface area contributed by atoms with Crippen LogP contribution in [0, 0.1) is 0 Å². The number of nitrogens with one attached hydrogen (secondary N) is 1. The number of hydrogen-bond acceptors (Lipinski definition) is 2. The zero-order valence-corrected chi connectivity index (χ0v) is 9.45. The molecule has 1 aromatic carbocycles. The van der Waals surface area contributed by atoms with Crippen LogP contribution in [-0.2, 0) is 7.05 Å². The average molecular weight is 257 g/mol. The van der Waals surface area contributed by atoms with Gasteiger partial charge in [0.2, 0.25) is 0 Å². The van der Waals surface area contributed by atoms with E-state index in [9.17, 15) is 18.0 Å². The van der Waals surface area contributed by atoms with Gasteiger partial charge in [-0.05, 0) is 18.2 Å². The Labute approximate surface area is 100 Å². The van der Waals surface area contributed by atoms with Gasteiger partial charge in [-0.15, -0.1) is 0 Å². The largest absolute Gasteiger partial charge is 0.405 e. The van der Waals surface area contributed by atoms with E-state index in [2.05, 4.69) is 5.10 Å². The Hall–Kier alpha value is -2.05. The van der Waals surface area contributed by atoms with Gasteiger partial charge >= 0.3 is 6.18 Å². The summed E-state index contributed by atoms with van der Waals surface area (Å²) < 4.78 is 37.5. The summed E-state index contributed by atoms with van der Waals surface area (Å²) >= 11 is 0. The molecule has 0 aliphatic heterocycles. The van der Waals surface area contributed by atoms with Crippen molar-refractivity contribution in [1.29, 1.82) is 0 Å². The number of carbonyl (C=O) groups excluding carboxylic acids is 1. The Balaban J connectivity index is 2.17. The minimum Gasteiger partial charge on any atom is -0.343 e. The first-order valence-corrected chi connectivity index (χ1v) is 5.13. The predicted octanol–water partition coefficient (Wildman–Crippen LogP) is 1.87. The molecular weight excluding hydrogens is 247 g/mol. The fraction of sp³-hybridized carbons (Fsp3) is 0.273. The van der Waals surface area contributed by atoms with Crippen LogP contribution in [0.4, 0.5) is 13.2 Å². The van der Waals surface area contributed by atoms with Gasteiger partial charge in [-0.25, -0.2) is 0 Å². The van der Waals surface area contributed by atoms with Crippen molar-refractivity contribution in [2.45, 2.75) is 6.18 Å². The van der Waals surface area contributed by atoms with Gasteiger partial charge in [0.25, 0.3) is 5.91 Å². The van der Waals surface area contributed by atoms with Gasteiger partial charge < -0.3 is 5.32 Å². The Bertz CT molecular complexity index is 589. The molecule has 2 rings (SSSR count). The third-order valence-electron chi connectivity index (χ3n) is 2.33. The normalized spacial score (nSPS) is 11.8. The highest BCUT2D eigenvalue weighted by Gasteiger charge is 2.27. The number of hydrogen-bond donors (Lipinski definition) is 1. The molecule has 96 valence electrons. The molecule has 0 spiro atoms. The molecular formula is C11H10F3N3O. The Morgan fingerprint density at radius 3 is 2.83 bits per heavy atom. The third-order valence-corrected chi connectivity index (χ3v) is 2.33. The zero-order valence-electron chi connectivity index (χ0n) is 9.45. The second kappa shape index (κ2) is 4.32. The molecule has 0 atom stereocenters. The third kappa shape index (κ3) is 2.79. The van der Waals surface area contributed by atoms with E-state index in [1.807, 2.05) is 5.32 Å². The standard InChI is InChI=1S/C11H10F3N3O/c1-17-5-8-4-7(2-3-9(8)16-17)10(18)15-6-11(12,13)14/h2-5H,6H2,1H3,(H,15,18). The first kappa shape index (κ1) is 12.4. The van der Waals surface area contributed by atoms with E-state index in [-0.39, 0.29) is 5.56 Å². The summed E-state index contributed by atoms with van der Waals surface area (Å²) in [6, 6.07) is 4.55. The van der Waals surface area contributed by atoms with Crippen LogP contribution in [0.1, 0.15) is 10.4 Å². The van der Waals surface area contributed by atoms with Crippen molar-refractivity contribution in [2.75, 3.05) is 6.54 Å². The van der Waals surface area contributed by atoms with Crippen LogP contribution in [0.25, 0.3) is 10.9 Å². The van der Waals surface area contributed by atoms with Gasteiger partial charge in [-0.1, -0.05) is 0 Å². The molecule has 4 nitrogen and oxygen atoms in total. The predicted molar refractivity (Wildman–Crippen MR) is 59.1 cm³/mol. The fourth-order valence-electron chi connectivity index (χ4n) is 1.57. The monoisotopic (exact) mass is 257 g/mol. The van der Waals surface area contributed by atoms with Crippen molar-refractivity contribution in [3.8, 4) is 0 Å². The number of carbonyl (C=O) groups is 1. The van der Waals surface area contributed by atoms with Crippen LogP contribution in [-0.4, -0.2) is 28.4 Å². The summed E-state index contributed by atoms with van der Waals surface area (Å²) in [4.78, 5) is 11.5. The molecule has 0 saturated heterocycles. The van der Waals surface area contributed by atoms with Crippen LogP contribution >= 0.6 is 0 Å². The Morgan fingerprint density at radius 1 is 1.44 bits per heavy atom. The molecule has 0 unspecified atom stereocenters.